The molecule has 6 nitrogen and oxygen atoms in total. The zero-order valence-corrected chi connectivity index (χ0v) is 15.2. The van der Waals surface area contributed by atoms with Gasteiger partial charge in [-0.2, -0.15) is 0 Å². The number of carbonyl (C=O) groups is 1. The van der Waals surface area contributed by atoms with Gasteiger partial charge in [0.1, 0.15) is 5.60 Å². The smallest absolute Gasteiger partial charge is 0.410 e. The number of rotatable bonds is 2. The summed E-state index contributed by atoms with van der Waals surface area (Å²) in [5, 5.41) is 11.9. The summed E-state index contributed by atoms with van der Waals surface area (Å²) in [5.74, 6) is 0.725. The van der Waals surface area contributed by atoms with Crippen molar-refractivity contribution in [3.8, 4) is 0 Å². The van der Waals surface area contributed by atoms with Gasteiger partial charge in [-0.25, -0.2) is 4.79 Å². The van der Waals surface area contributed by atoms with Crippen molar-refractivity contribution in [2.24, 2.45) is 0 Å². The number of likely N-dealkylation sites (tertiary alicyclic amines) is 1. The van der Waals surface area contributed by atoms with E-state index in [0.29, 0.717) is 11.7 Å². The first-order valence-corrected chi connectivity index (χ1v) is 8.29. The van der Waals surface area contributed by atoms with Crippen molar-refractivity contribution in [3.63, 3.8) is 0 Å². The zero-order chi connectivity index (χ0) is 17.2. The Morgan fingerprint density at radius 2 is 2.00 bits per heavy atom. The summed E-state index contributed by atoms with van der Waals surface area (Å²) in [6.07, 6.45) is 1.64. The molecule has 0 radical (unpaired) electrons. The van der Waals surface area contributed by atoms with Crippen LogP contribution in [0.1, 0.15) is 44.7 Å². The molecule has 0 aromatic carbocycles. The van der Waals surface area contributed by atoms with Crippen LogP contribution < -0.4 is 5.32 Å². The van der Waals surface area contributed by atoms with Gasteiger partial charge in [-0.15, -0.1) is 10.2 Å². The lowest BCUT2D eigenvalue weighted by Gasteiger charge is -2.34. The molecule has 0 bridgehead atoms. The van der Waals surface area contributed by atoms with Crippen LogP contribution in [0.15, 0.2) is 0 Å². The maximum Gasteiger partial charge on any atom is 0.410 e. The Morgan fingerprint density at radius 3 is 2.65 bits per heavy atom. The minimum Gasteiger partial charge on any atom is -0.444 e. The third-order valence-electron chi connectivity index (χ3n) is 3.88. The maximum atomic E-state index is 12.2. The van der Waals surface area contributed by atoms with E-state index in [4.69, 9.17) is 16.3 Å². The van der Waals surface area contributed by atoms with Crippen LogP contribution in [0.4, 0.5) is 10.6 Å². The molecule has 1 aromatic rings. The average Bonchev–Trinajstić information content (AvgIpc) is 2.46. The van der Waals surface area contributed by atoms with Gasteiger partial charge >= 0.3 is 6.09 Å². The van der Waals surface area contributed by atoms with Crippen molar-refractivity contribution in [2.75, 3.05) is 18.4 Å². The van der Waals surface area contributed by atoms with E-state index in [0.717, 1.165) is 36.3 Å². The van der Waals surface area contributed by atoms with Gasteiger partial charge in [0.25, 0.3) is 0 Å². The lowest BCUT2D eigenvalue weighted by Crippen LogP contribution is -2.47. The fourth-order valence-electron chi connectivity index (χ4n) is 2.49. The second kappa shape index (κ2) is 6.91. The number of nitrogens with one attached hydrogen (secondary N) is 1. The van der Waals surface area contributed by atoms with E-state index in [1.807, 2.05) is 34.6 Å². The lowest BCUT2D eigenvalue weighted by molar-refractivity contribution is 0.0206. The van der Waals surface area contributed by atoms with Gasteiger partial charge in [-0.05, 0) is 58.6 Å². The number of ether oxygens (including phenoxy) is 1. The molecule has 1 amide bonds. The number of carbonyl (C=O) groups excluding carboxylic acids is 1. The van der Waals surface area contributed by atoms with E-state index in [2.05, 4.69) is 15.5 Å². The number of amides is 1. The van der Waals surface area contributed by atoms with Crippen LogP contribution in [0.5, 0.6) is 0 Å². The highest BCUT2D eigenvalue weighted by Crippen LogP contribution is 2.23. The zero-order valence-electron chi connectivity index (χ0n) is 14.4. The molecule has 1 fully saturated rings. The van der Waals surface area contributed by atoms with E-state index in [-0.39, 0.29) is 12.1 Å². The summed E-state index contributed by atoms with van der Waals surface area (Å²) in [5.41, 5.74) is 1.43. The molecule has 0 saturated carbocycles. The van der Waals surface area contributed by atoms with Crippen molar-refractivity contribution >= 4 is 23.5 Å². The minimum atomic E-state index is -0.479. The fourth-order valence-corrected chi connectivity index (χ4v) is 2.67. The summed E-state index contributed by atoms with van der Waals surface area (Å²) in [6, 6.07) is 0.129. The van der Waals surface area contributed by atoms with E-state index in [1.54, 1.807) is 4.90 Å². The van der Waals surface area contributed by atoms with Crippen LogP contribution in [0.2, 0.25) is 5.15 Å². The van der Waals surface area contributed by atoms with Crippen molar-refractivity contribution in [2.45, 2.75) is 59.1 Å². The standard InChI is InChI=1S/C16H25ClN4O2/c1-10-11(2)14(20-19-13(10)17)18-12-7-6-8-21(9-12)15(22)23-16(3,4)5/h12H,6-9H2,1-5H3,(H,18,20)/t12-/m1/s1. The monoisotopic (exact) mass is 340 g/mol. The van der Waals surface area contributed by atoms with Gasteiger partial charge < -0.3 is 15.0 Å². The predicted octanol–water partition coefficient (Wildman–Crippen LogP) is 3.56. The number of aromatic nitrogens is 2. The first-order valence-electron chi connectivity index (χ1n) is 7.91. The minimum absolute atomic E-state index is 0.129. The average molecular weight is 341 g/mol. The van der Waals surface area contributed by atoms with Gasteiger partial charge in [0.05, 0.1) is 0 Å². The third-order valence-corrected chi connectivity index (χ3v) is 4.24. The number of hydrogen-bond donors (Lipinski definition) is 1. The molecule has 0 aliphatic carbocycles. The molecular formula is C16H25ClN4O2. The Morgan fingerprint density at radius 1 is 1.30 bits per heavy atom. The Kier molecular flexibility index (Phi) is 5.34. The van der Waals surface area contributed by atoms with Crippen molar-refractivity contribution < 1.29 is 9.53 Å². The van der Waals surface area contributed by atoms with Crippen molar-refractivity contribution in [3.05, 3.63) is 16.3 Å². The van der Waals surface area contributed by atoms with Crippen LogP contribution in [0.25, 0.3) is 0 Å². The molecule has 2 heterocycles. The molecule has 2 rings (SSSR count). The molecule has 1 aliphatic heterocycles. The summed E-state index contributed by atoms with van der Waals surface area (Å²) in [6.45, 7) is 10.8. The van der Waals surface area contributed by atoms with E-state index >= 15 is 0 Å². The number of hydrogen-bond acceptors (Lipinski definition) is 5. The largest absolute Gasteiger partial charge is 0.444 e. The van der Waals surface area contributed by atoms with Crippen LogP contribution >= 0.6 is 11.6 Å². The quantitative estimate of drug-likeness (QED) is 0.891. The molecular weight excluding hydrogens is 316 g/mol. The number of nitrogens with zero attached hydrogens (tertiary/aromatic N) is 3. The van der Waals surface area contributed by atoms with Crippen LogP contribution in [-0.2, 0) is 4.74 Å². The molecule has 0 unspecified atom stereocenters. The molecule has 23 heavy (non-hydrogen) atoms. The predicted molar refractivity (Wildman–Crippen MR) is 91.0 cm³/mol. The van der Waals surface area contributed by atoms with Crippen molar-refractivity contribution in [1.29, 1.82) is 0 Å². The normalized spacial score (nSPS) is 18.7. The highest BCUT2D eigenvalue weighted by Gasteiger charge is 2.28. The molecule has 7 heteroatoms. The lowest BCUT2D eigenvalue weighted by atomic mass is 10.1. The fraction of sp³-hybridized carbons (Fsp3) is 0.688. The maximum absolute atomic E-state index is 12.2. The topological polar surface area (TPSA) is 67.4 Å². The van der Waals surface area contributed by atoms with E-state index in [1.165, 1.54) is 0 Å². The number of piperidine rings is 1. The Labute approximate surface area is 142 Å². The van der Waals surface area contributed by atoms with Gasteiger partial charge in [0.15, 0.2) is 11.0 Å². The summed E-state index contributed by atoms with van der Waals surface area (Å²) in [7, 11) is 0. The van der Waals surface area contributed by atoms with Crippen molar-refractivity contribution in [1.82, 2.24) is 15.1 Å². The summed E-state index contributed by atoms with van der Waals surface area (Å²) >= 11 is 5.98. The van der Waals surface area contributed by atoms with Crippen LogP contribution in [-0.4, -0.2) is 45.9 Å². The highest BCUT2D eigenvalue weighted by atomic mass is 35.5. The molecule has 1 saturated heterocycles. The SMILES string of the molecule is Cc1c(Cl)nnc(N[C@@H]2CCCN(C(=O)OC(C)(C)C)C2)c1C. The Bertz CT molecular complexity index is 586. The molecule has 1 atom stereocenters. The van der Waals surface area contributed by atoms with E-state index in [9.17, 15) is 4.79 Å². The second-order valence-corrected chi connectivity index (χ2v) is 7.36. The Balaban J connectivity index is 2.02. The van der Waals surface area contributed by atoms with E-state index < -0.39 is 5.60 Å². The van der Waals surface area contributed by atoms with Crippen LogP contribution in [0.3, 0.4) is 0 Å². The van der Waals surface area contributed by atoms with Gasteiger partial charge in [0.2, 0.25) is 0 Å². The van der Waals surface area contributed by atoms with Gasteiger partial charge in [0, 0.05) is 19.1 Å². The Hall–Kier alpha value is -1.56. The molecule has 128 valence electrons. The first kappa shape index (κ1) is 17.8. The first-order chi connectivity index (χ1) is 10.7. The summed E-state index contributed by atoms with van der Waals surface area (Å²) in [4.78, 5) is 14.0. The van der Waals surface area contributed by atoms with Gasteiger partial charge in [-0.1, -0.05) is 11.6 Å². The summed E-state index contributed by atoms with van der Waals surface area (Å²) < 4.78 is 5.45. The molecule has 1 N–H and O–H groups in total. The molecule has 1 aromatic heterocycles. The number of halogens is 1. The third kappa shape index (κ3) is 4.70. The number of anilines is 1. The second-order valence-electron chi connectivity index (χ2n) is 7.00. The van der Waals surface area contributed by atoms with Crippen LogP contribution in [0, 0.1) is 13.8 Å². The highest BCUT2D eigenvalue weighted by molar-refractivity contribution is 6.30. The van der Waals surface area contributed by atoms with Gasteiger partial charge in [-0.3, -0.25) is 0 Å². The molecule has 1 aliphatic rings. The molecule has 0 spiro atoms.